The first-order valence-corrected chi connectivity index (χ1v) is 37.6. The number of furan rings is 1. The summed E-state index contributed by atoms with van der Waals surface area (Å²) in [4.78, 5) is 14.0. The highest BCUT2D eigenvalue weighted by Gasteiger charge is 2.48. The van der Waals surface area contributed by atoms with Gasteiger partial charge in [-0.2, -0.15) is 0 Å². The Kier molecular flexibility index (Phi) is 12.3. The van der Waals surface area contributed by atoms with Crippen LogP contribution >= 0.6 is 34.0 Å². The maximum absolute atomic E-state index is 6.67. The Bertz CT molecular complexity index is 6680. The number of nitrogens with zero attached hydrogens (tertiary/aromatic N) is 5. The van der Waals surface area contributed by atoms with Crippen LogP contribution in [0.5, 0.6) is 0 Å². The summed E-state index contributed by atoms with van der Waals surface area (Å²) in [6, 6.07) is 125. The zero-order chi connectivity index (χ0) is 67.1. The zero-order valence-corrected chi connectivity index (χ0v) is 57.7. The van der Waals surface area contributed by atoms with Crippen LogP contribution in [0.3, 0.4) is 0 Å². The molecule has 19 aromatic rings. The lowest BCUT2D eigenvalue weighted by atomic mass is 9.33. The van der Waals surface area contributed by atoms with E-state index in [0.717, 1.165) is 72.8 Å². The van der Waals surface area contributed by atoms with Crippen molar-refractivity contribution >= 4 is 212 Å². The van der Waals surface area contributed by atoms with E-state index < -0.39 is 0 Å². The number of benzene rings is 14. The highest BCUT2D eigenvalue weighted by atomic mass is 32.1. The lowest BCUT2D eigenvalue weighted by Gasteiger charge is -2.44. The molecular formula is C92H55B2N5OS3. The highest BCUT2D eigenvalue weighted by Crippen LogP contribution is 2.53. The van der Waals surface area contributed by atoms with E-state index in [4.69, 9.17) is 4.42 Å². The largest absolute Gasteiger partial charge is 0.456 e. The summed E-state index contributed by atoms with van der Waals surface area (Å²) in [6.45, 7) is -0.303. The van der Waals surface area contributed by atoms with Crippen LogP contribution in [0.4, 0.5) is 68.2 Å². The number of aromatic nitrogens is 1. The first-order chi connectivity index (χ1) is 51.1. The van der Waals surface area contributed by atoms with Crippen molar-refractivity contribution in [3.63, 3.8) is 0 Å². The molecule has 0 amide bonds. The van der Waals surface area contributed by atoms with Crippen molar-refractivity contribution in [2.24, 2.45) is 0 Å². The van der Waals surface area contributed by atoms with Crippen LogP contribution in [0.15, 0.2) is 338 Å². The van der Waals surface area contributed by atoms with Gasteiger partial charge in [0.2, 0.25) is 0 Å². The van der Waals surface area contributed by atoms with Gasteiger partial charge < -0.3 is 28.6 Å². The van der Waals surface area contributed by atoms with E-state index in [2.05, 4.69) is 358 Å². The van der Waals surface area contributed by atoms with Crippen molar-refractivity contribution in [1.82, 2.24) is 4.57 Å². The van der Waals surface area contributed by atoms with Gasteiger partial charge >= 0.3 is 0 Å². The SMILES string of the molecule is c1ccc(-c2cc3c(s2)B2c4cc5c6cc7c(cc6n(-c6ccc8oc9ccccc9c8c6)c5cc4N(c4ccccc4)c4cc(-c5cc6ccccc6s5)cc(c42)N3c2ccccc2)N(c2ccccc2)c2cc(-c3cc4ccccc4s3)cc3c2B7c2ccccc2N3c2ccccc2)cc1. The standard InChI is InChI=1S/C92H55B2N5OS3/c1-6-24-56(25-7-1)89-55-82-92(103-89)94-72-52-68-67-51-71-76(96(62-30-10-3-11-31-62)79-45-59(87-48-57-26-16-22-40-85(57)101-87)44-78-90(79)93(71)70-37-19-20-38-73(70)95(78)61-28-8-2-9-29-61)53-74(67)99(65-42-43-84-69(50-65)66-36-18-21-39-83(66)100-84)75(68)54-77(72)97(63-32-12-4-13-33-63)80-46-60(88-49-58-27-17-23-41-86(58)102-88)47-81(91(80)94)98(82)64-34-14-5-15-35-64/h1-55H. The third-order valence-electron chi connectivity index (χ3n) is 21.9. The number of para-hydroxylation sites is 6. The Morgan fingerprint density at radius 1 is 0.252 bits per heavy atom. The van der Waals surface area contributed by atoms with E-state index in [1.54, 1.807) is 0 Å². The van der Waals surface area contributed by atoms with Crippen molar-refractivity contribution in [1.29, 1.82) is 0 Å². The molecule has 0 spiro atoms. The Hall–Kier alpha value is -12.4. The van der Waals surface area contributed by atoms with Crippen LogP contribution in [-0.2, 0) is 0 Å². The van der Waals surface area contributed by atoms with Crippen molar-refractivity contribution in [2.45, 2.75) is 0 Å². The van der Waals surface area contributed by atoms with Crippen LogP contribution in [0.25, 0.3) is 101 Å². The van der Waals surface area contributed by atoms with Gasteiger partial charge in [-0.05, 0) is 200 Å². The van der Waals surface area contributed by atoms with Gasteiger partial charge in [-0.3, -0.25) is 0 Å². The number of hydrogen-bond acceptors (Lipinski definition) is 8. The molecular weight excluding hydrogens is 1310 g/mol. The first-order valence-electron chi connectivity index (χ1n) is 35.2. The summed E-state index contributed by atoms with van der Waals surface area (Å²) >= 11 is 5.67. The number of anilines is 12. The Morgan fingerprint density at radius 2 is 0.689 bits per heavy atom. The minimum Gasteiger partial charge on any atom is -0.456 e. The molecule has 103 heavy (non-hydrogen) atoms. The van der Waals surface area contributed by atoms with E-state index in [0.29, 0.717) is 0 Å². The molecule has 4 aliphatic heterocycles. The molecule has 4 aliphatic rings. The van der Waals surface area contributed by atoms with Crippen LogP contribution in [0, 0.1) is 0 Å². The summed E-state index contributed by atoms with van der Waals surface area (Å²) < 4.78 is 13.1. The maximum Gasteiger partial charge on any atom is 0.264 e. The predicted octanol–water partition coefficient (Wildman–Crippen LogP) is 22.3. The van der Waals surface area contributed by atoms with Crippen molar-refractivity contribution < 1.29 is 4.42 Å². The summed E-state index contributed by atoms with van der Waals surface area (Å²) in [5.41, 5.74) is 28.7. The van der Waals surface area contributed by atoms with E-state index in [9.17, 15) is 0 Å². The molecule has 0 fully saturated rings. The average Bonchev–Trinajstić information content (AvgIpc) is 1.68. The summed E-state index contributed by atoms with van der Waals surface area (Å²) in [7, 11) is 0. The molecule has 11 heteroatoms. The Labute approximate surface area is 606 Å². The van der Waals surface area contributed by atoms with Crippen LogP contribution < -0.4 is 51.7 Å². The second-order valence-electron chi connectivity index (χ2n) is 27.5. The molecule has 5 aromatic heterocycles. The molecule has 0 radical (unpaired) electrons. The summed E-state index contributed by atoms with van der Waals surface area (Å²) in [6.07, 6.45) is 0. The third-order valence-corrected chi connectivity index (χ3v) is 25.4. The molecule has 6 nitrogen and oxygen atoms in total. The normalized spacial score (nSPS) is 13.3. The smallest absolute Gasteiger partial charge is 0.264 e. The van der Waals surface area contributed by atoms with Crippen molar-refractivity contribution in [3.05, 3.63) is 334 Å². The van der Waals surface area contributed by atoms with E-state index in [1.807, 2.05) is 34.0 Å². The van der Waals surface area contributed by atoms with Gasteiger partial charge in [0.05, 0.1) is 16.7 Å². The molecule has 14 aromatic carbocycles. The van der Waals surface area contributed by atoms with Gasteiger partial charge in [0.1, 0.15) is 11.2 Å². The highest BCUT2D eigenvalue weighted by molar-refractivity contribution is 7.31. The number of thiophene rings is 3. The fourth-order valence-corrected chi connectivity index (χ4v) is 20.9. The second-order valence-corrected chi connectivity index (χ2v) is 30.7. The fraction of sp³-hybridized carbons (Fsp3) is 0. The molecule has 23 rings (SSSR count). The van der Waals surface area contributed by atoms with E-state index in [-0.39, 0.29) is 13.4 Å². The third kappa shape index (κ3) is 8.50. The first kappa shape index (κ1) is 57.4. The molecule has 0 saturated carbocycles. The molecule has 0 bridgehead atoms. The number of rotatable bonds is 8. The average molecular weight is 1360 g/mol. The van der Waals surface area contributed by atoms with Gasteiger partial charge in [0, 0.05) is 119 Å². The molecule has 9 heterocycles. The molecule has 0 unspecified atom stereocenters. The van der Waals surface area contributed by atoms with Gasteiger partial charge in [0.15, 0.2) is 0 Å². The Balaban J connectivity index is 0.856. The van der Waals surface area contributed by atoms with E-state index in [1.165, 1.54) is 128 Å². The molecule has 0 saturated heterocycles. The van der Waals surface area contributed by atoms with Gasteiger partial charge in [-0.25, -0.2) is 0 Å². The zero-order valence-electron chi connectivity index (χ0n) is 55.3. The van der Waals surface area contributed by atoms with Crippen LogP contribution in [0.2, 0.25) is 0 Å². The van der Waals surface area contributed by atoms with Crippen LogP contribution in [-0.4, -0.2) is 18.0 Å². The summed E-state index contributed by atoms with van der Waals surface area (Å²) in [5, 5.41) is 7.04. The quantitative estimate of drug-likeness (QED) is 0.142. The molecule has 0 aliphatic carbocycles. The van der Waals surface area contributed by atoms with Crippen LogP contribution in [0.1, 0.15) is 0 Å². The van der Waals surface area contributed by atoms with Crippen molar-refractivity contribution in [2.75, 3.05) is 19.6 Å². The maximum atomic E-state index is 6.67. The molecule has 0 N–H and O–H groups in total. The lowest BCUT2D eigenvalue weighted by molar-refractivity contribution is 0.669. The topological polar surface area (TPSA) is 31.0 Å². The lowest BCUT2D eigenvalue weighted by Crippen LogP contribution is -2.61. The van der Waals surface area contributed by atoms with Gasteiger partial charge in [-0.15, -0.1) is 34.0 Å². The monoisotopic (exact) mass is 1360 g/mol. The molecule has 478 valence electrons. The Morgan fingerprint density at radius 3 is 1.24 bits per heavy atom. The fourth-order valence-electron chi connectivity index (χ4n) is 17.5. The second kappa shape index (κ2) is 22.1. The minimum absolute atomic E-state index is 0.146. The van der Waals surface area contributed by atoms with Gasteiger partial charge in [-0.1, -0.05) is 188 Å². The van der Waals surface area contributed by atoms with Crippen molar-refractivity contribution in [3.8, 4) is 37.0 Å². The number of fused-ring (bicyclic) bond motifs is 16. The number of hydrogen-bond donors (Lipinski definition) is 0. The summed E-state index contributed by atoms with van der Waals surface area (Å²) in [5.74, 6) is 0. The molecule has 0 atom stereocenters. The van der Waals surface area contributed by atoms with E-state index >= 15 is 0 Å². The minimum atomic E-state index is -0.157. The predicted molar refractivity (Wildman–Crippen MR) is 441 cm³/mol. The van der Waals surface area contributed by atoms with Gasteiger partial charge in [0.25, 0.3) is 13.4 Å².